The van der Waals surface area contributed by atoms with E-state index in [1.54, 1.807) is 0 Å². The van der Waals surface area contributed by atoms with Crippen molar-refractivity contribution in [2.45, 2.75) is 90.8 Å². The molecule has 2 fully saturated rings. The van der Waals surface area contributed by atoms with E-state index in [4.69, 9.17) is 4.74 Å². The Morgan fingerprint density at radius 2 is 1.75 bits per heavy atom. The molecule has 116 valence electrons. The Morgan fingerprint density at radius 1 is 1.10 bits per heavy atom. The molecule has 3 unspecified atom stereocenters. The Bertz CT molecular complexity index is 345. The molecule has 0 aromatic rings. The van der Waals surface area contributed by atoms with Gasteiger partial charge in [0.2, 0.25) is 0 Å². The molecule has 0 N–H and O–H groups in total. The fourth-order valence-electron chi connectivity index (χ4n) is 3.78. The van der Waals surface area contributed by atoms with Crippen molar-refractivity contribution in [1.82, 2.24) is 4.90 Å². The van der Waals surface area contributed by atoms with Gasteiger partial charge in [0.1, 0.15) is 5.60 Å². The monoisotopic (exact) mass is 281 g/mol. The normalized spacial score (nSPS) is 31.1. The summed E-state index contributed by atoms with van der Waals surface area (Å²) in [5.74, 6) is 1.47. The summed E-state index contributed by atoms with van der Waals surface area (Å²) >= 11 is 0. The van der Waals surface area contributed by atoms with Crippen molar-refractivity contribution in [2.75, 3.05) is 0 Å². The minimum absolute atomic E-state index is 0.0885. The first-order chi connectivity index (χ1) is 9.28. The second-order valence-corrected chi connectivity index (χ2v) is 7.94. The standard InChI is InChI=1S/C17H31NO2/c1-12(2)13-7-6-8-14-9-10-15(11-13)18(14)16(19)20-17(3,4)5/h12-15H,6-11H2,1-5H3. The topological polar surface area (TPSA) is 29.5 Å². The number of hydrogen-bond acceptors (Lipinski definition) is 2. The predicted octanol–water partition coefficient (Wildman–Crippen LogP) is 4.60. The highest BCUT2D eigenvalue weighted by Crippen LogP contribution is 2.38. The second-order valence-electron chi connectivity index (χ2n) is 7.94. The molecule has 2 bridgehead atoms. The Hall–Kier alpha value is -0.730. The fraction of sp³-hybridized carbons (Fsp3) is 0.941. The van der Waals surface area contributed by atoms with Crippen LogP contribution in [0.1, 0.15) is 73.1 Å². The minimum Gasteiger partial charge on any atom is -0.444 e. The van der Waals surface area contributed by atoms with Gasteiger partial charge in [-0.2, -0.15) is 0 Å². The molecule has 3 nitrogen and oxygen atoms in total. The Kier molecular flexibility index (Phi) is 4.66. The highest BCUT2D eigenvalue weighted by Gasteiger charge is 2.41. The molecular formula is C17H31NO2. The van der Waals surface area contributed by atoms with Crippen molar-refractivity contribution < 1.29 is 9.53 Å². The minimum atomic E-state index is -0.393. The zero-order chi connectivity index (χ0) is 14.9. The molecule has 0 aromatic heterocycles. The second kappa shape index (κ2) is 5.95. The van der Waals surface area contributed by atoms with Gasteiger partial charge in [0.05, 0.1) is 0 Å². The van der Waals surface area contributed by atoms with Gasteiger partial charge in [-0.15, -0.1) is 0 Å². The smallest absolute Gasteiger partial charge is 0.410 e. The van der Waals surface area contributed by atoms with Crippen molar-refractivity contribution in [1.29, 1.82) is 0 Å². The Labute approximate surface area is 124 Å². The van der Waals surface area contributed by atoms with Gasteiger partial charge >= 0.3 is 6.09 Å². The molecule has 2 aliphatic heterocycles. The lowest BCUT2D eigenvalue weighted by molar-refractivity contribution is 0.00826. The van der Waals surface area contributed by atoms with Crippen LogP contribution in [-0.4, -0.2) is 28.7 Å². The molecule has 2 rings (SSSR count). The van der Waals surface area contributed by atoms with Gasteiger partial charge < -0.3 is 9.64 Å². The zero-order valence-electron chi connectivity index (χ0n) is 13.8. The molecule has 2 aliphatic rings. The fourth-order valence-corrected chi connectivity index (χ4v) is 3.78. The lowest BCUT2D eigenvalue weighted by Gasteiger charge is -2.37. The van der Waals surface area contributed by atoms with E-state index in [1.807, 2.05) is 20.8 Å². The molecule has 0 aromatic carbocycles. The maximum Gasteiger partial charge on any atom is 0.410 e. The van der Waals surface area contributed by atoms with Crippen LogP contribution in [-0.2, 0) is 4.74 Å². The van der Waals surface area contributed by atoms with Crippen LogP contribution in [0.2, 0.25) is 0 Å². The van der Waals surface area contributed by atoms with Crippen LogP contribution in [0.15, 0.2) is 0 Å². The van der Waals surface area contributed by atoms with Gasteiger partial charge in [-0.25, -0.2) is 4.79 Å². The average Bonchev–Trinajstić information content (AvgIpc) is 2.68. The van der Waals surface area contributed by atoms with Crippen LogP contribution in [0.5, 0.6) is 0 Å². The van der Waals surface area contributed by atoms with E-state index in [-0.39, 0.29) is 6.09 Å². The van der Waals surface area contributed by atoms with Crippen molar-refractivity contribution in [3.05, 3.63) is 0 Å². The number of carbonyl (C=O) groups excluding carboxylic acids is 1. The summed E-state index contributed by atoms with van der Waals surface area (Å²) in [4.78, 5) is 14.6. The average molecular weight is 281 g/mol. The molecule has 0 aliphatic carbocycles. The summed E-state index contributed by atoms with van der Waals surface area (Å²) in [7, 11) is 0. The molecule has 3 atom stereocenters. The Morgan fingerprint density at radius 3 is 2.35 bits per heavy atom. The summed E-state index contributed by atoms with van der Waals surface area (Å²) in [5.41, 5.74) is -0.393. The number of nitrogens with zero attached hydrogens (tertiary/aromatic N) is 1. The summed E-state index contributed by atoms with van der Waals surface area (Å²) < 4.78 is 5.64. The zero-order valence-corrected chi connectivity index (χ0v) is 13.8. The van der Waals surface area contributed by atoms with Crippen molar-refractivity contribution >= 4 is 6.09 Å². The van der Waals surface area contributed by atoms with Crippen molar-refractivity contribution in [3.8, 4) is 0 Å². The van der Waals surface area contributed by atoms with E-state index >= 15 is 0 Å². The Balaban J connectivity index is 2.09. The molecule has 2 heterocycles. The van der Waals surface area contributed by atoms with Crippen LogP contribution >= 0.6 is 0 Å². The first kappa shape index (κ1) is 15.7. The van der Waals surface area contributed by atoms with E-state index in [0.29, 0.717) is 18.0 Å². The van der Waals surface area contributed by atoms with Crippen LogP contribution in [0.4, 0.5) is 4.79 Å². The summed E-state index contributed by atoms with van der Waals surface area (Å²) in [5, 5.41) is 0. The molecular weight excluding hydrogens is 250 g/mol. The highest BCUT2D eigenvalue weighted by atomic mass is 16.6. The third kappa shape index (κ3) is 3.67. The maximum atomic E-state index is 12.5. The van der Waals surface area contributed by atoms with Gasteiger partial charge in [-0.3, -0.25) is 0 Å². The molecule has 0 saturated carbocycles. The molecule has 0 spiro atoms. The van der Waals surface area contributed by atoms with E-state index in [2.05, 4.69) is 18.7 Å². The number of carbonyl (C=O) groups is 1. The van der Waals surface area contributed by atoms with Crippen molar-refractivity contribution in [2.24, 2.45) is 11.8 Å². The maximum absolute atomic E-state index is 12.5. The van der Waals surface area contributed by atoms with Gasteiger partial charge in [0.15, 0.2) is 0 Å². The number of fused-ring (bicyclic) bond motifs is 2. The van der Waals surface area contributed by atoms with E-state index in [0.717, 1.165) is 31.6 Å². The first-order valence-electron chi connectivity index (χ1n) is 8.29. The van der Waals surface area contributed by atoms with E-state index in [9.17, 15) is 4.79 Å². The van der Waals surface area contributed by atoms with Crippen LogP contribution in [0.3, 0.4) is 0 Å². The largest absolute Gasteiger partial charge is 0.444 e. The third-order valence-corrected chi connectivity index (χ3v) is 4.85. The lowest BCUT2D eigenvalue weighted by atomic mass is 9.84. The van der Waals surface area contributed by atoms with E-state index < -0.39 is 5.60 Å². The molecule has 3 heteroatoms. The van der Waals surface area contributed by atoms with Crippen LogP contribution < -0.4 is 0 Å². The number of amides is 1. The van der Waals surface area contributed by atoms with Gasteiger partial charge in [-0.05, 0) is 58.3 Å². The first-order valence-corrected chi connectivity index (χ1v) is 8.29. The van der Waals surface area contributed by atoms with Crippen LogP contribution in [0, 0.1) is 11.8 Å². The summed E-state index contributed by atoms with van der Waals surface area (Å²) in [6, 6.07) is 0.825. The SMILES string of the molecule is CC(C)C1CCCC2CCC(C1)N2C(=O)OC(C)(C)C. The lowest BCUT2D eigenvalue weighted by Crippen LogP contribution is -2.46. The third-order valence-electron chi connectivity index (χ3n) is 4.85. The molecule has 2 saturated heterocycles. The highest BCUT2D eigenvalue weighted by molar-refractivity contribution is 5.69. The van der Waals surface area contributed by atoms with Gasteiger partial charge in [0.25, 0.3) is 0 Å². The number of hydrogen-bond donors (Lipinski definition) is 0. The summed E-state index contributed by atoms with van der Waals surface area (Å²) in [6.45, 7) is 10.5. The van der Waals surface area contributed by atoms with E-state index in [1.165, 1.54) is 12.8 Å². The number of rotatable bonds is 1. The molecule has 0 radical (unpaired) electrons. The van der Waals surface area contributed by atoms with Gasteiger partial charge in [0, 0.05) is 12.1 Å². The number of ether oxygens (including phenoxy) is 1. The van der Waals surface area contributed by atoms with Gasteiger partial charge in [-0.1, -0.05) is 26.7 Å². The van der Waals surface area contributed by atoms with Crippen molar-refractivity contribution in [3.63, 3.8) is 0 Å². The van der Waals surface area contributed by atoms with Crippen LogP contribution in [0.25, 0.3) is 0 Å². The molecule has 1 amide bonds. The predicted molar refractivity (Wildman–Crippen MR) is 81.7 cm³/mol. The quantitative estimate of drug-likeness (QED) is 0.703. The summed E-state index contributed by atoms with van der Waals surface area (Å²) in [6.07, 6.45) is 7.12. The molecule has 20 heavy (non-hydrogen) atoms.